The van der Waals surface area contributed by atoms with Gasteiger partial charge in [0.2, 0.25) is 5.91 Å². The van der Waals surface area contributed by atoms with E-state index in [1.165, 1.54) is 6.07 Å². The normalized spacial score (nSPS) is 18.3. The van der Waals surface area contributed by atoms with Gasteiger partial charge in [-0.15, -0.1) is 0 Å². The van der Waals surface area contributed by atoms with Crippen LogP contribution < -0.4 is 5.32 Å². The SMILES string of the molecule is O=C(NCC(=O)N1CCC(CCO)C1)c1ccc(Br)o1. The van der Waals surface area contributed by atoms with Crippen LogP contribution in [0.2, 0.25) is 0 Å². The Morgan fingerprint density at radius 3 is 2.95 bits per heavy atom. The lowest BCUT2D eigenvalue weighted by Gasteiger charge is -2.16. The second-order valence-corrected chi connectivity index (χ2v) is 5.57. The van der Waals surface area contributed by atoms with Crippen molar-refractivity contribution in [2.75, 3.05) is 26.2 Å². The molecule has 1 fully saturated rings. The van der Waals surface area contributed by atoms with Crippen LogP contribution in [-0.2, 0) is 4.79 Å². The minimum atomic E-state index is -0.407. The highest BCUT2D eigenvalue weighted by molar-refractivity contribution is 9.10. The Bertz CT molecular complexity index is 488. The molecule has 110 valence electrons. The zero-order chi connectivity index (χ0) is 14.5. The van der Waals surface area contributed by atoms with Gasteiger partial charge >= 0.3 is 0 Å². The van der Waals surface area contributed by atoms with Gasteiger partial charge in [-0.25, -0.2) is 0 Å². The van der Waals surface area contributed by atoms with Crippen LogP contribution in [0.5, 0.6) is 0 Å². The van der Waals surface area contributed by atoms with E-state index in [0.29, 0.717) is 23.7 Å². The molecule has 0 aliphatic carbocycles. The first-order valence-corrected chi connectivity index (χ1v) is 7.31. The molecule has 2 amide bonds. The van der Waals surface area contributed by atoms with Gasteiger partial charge in [-0.05, 0) is 46.8 Å². The van der Waals surface area contributed by atoms with Crippen molar-refractivity contribution in [2.45, 2.75) is 12.8 Å². The van der Waals surface area contributed by atoms with Gasteiger partial charge in [0.05, 0.1) is 6.54 Å². The van der Waals surface area contributed by atoms with Gasteiger partial charge in [-0.1, -0.05) is 0 Å². The highest BCUT2D eigenvalue weighted by Crippen LogP contribution is 2.19. The van der Waals surface area contributed by atoms with Gasteiger partial charge < -0.3 is 19.7 Å². The summed E-state index contributed by atoms with van der Waals surface area (Å²) in [5.41, 5.74) is 0. The molecule has 0 bridgehead atoms. The van der Waals surface area contributed by atoms with Crippen molar-refractivity contribution in [1.82, 2.24) is 10.2 Å². The van der Waals surface area contributed by atoms with Crippen molar-refractivity contribution in [3.05, 3.63) is 22.6 Å². The number of halogens is 1. The zero-order valence-corrected chi connectivity index (χ0v) is 12.6. The molecule has 0 spiro atoms. The van der Waals surface area contributed by atoms with E-state index in [1.807, 2.05) is 0 Å². The zero-order valence-electron chi connectivity index (χ0n) is 11.0. The van der Waals surface area contributed by atoms with E-state index in [0.717, 1.165) is 12.8 Å². The standard InChI is InChI=1S/C13H17BrN2O4/c14-11-2-1-10(20-11)13(19)15-7-12(18)16-5-3-9(8-16)4-6-17/h1-2,9,17H,3-8H2,(H,15,19). The summed E-state index contributed by atoms with van der Waals surface area (Å²) in [6, 6.07) is 3.16. The fraction of sp³-hybridized carbons (Fsp3) is 0.538. The summed E-state index contributed by atoms with van der Waals surface area (Å²) in [6.45, 7) is 1.45. The molecule has 1 aliphatic heterocycles. The first-order chi connectivity index (χ1) is 9.60. The maximum atomic E-state index is 11.9. The third kappa shape index (κ3) is 3.83. The number of furan rings is 1. The van der Waals surface area contributed by atoms with Gasteiger partial charge in [-0.3, -0.25) is 9.59 Å². The highest BCUT2D eigenvalue weighted by Gasteiger charge is 2.26. The number of carbonyl (C=O) groups excluding carboxylic acids is 2. The number of nitrogens with one attached hydrogen (secondary N) is 1. The minimum Gasteiger partial charge on any atom is -0.444 e. The molecule has 2 rings (SSSR count). The number of aliphatic hydroxyl groups excluding tert-OH is 1. The summed E-state index contributed by atoms with van der Waals surface area (Å²) in [4.78, 5) is 25.4. The van der Waals surface area contributed by atoms with E-state index >= 15 is 0 Å². The van der Waals surface area contributed by atoms with E-state index in [9.17, 15) is 9.59 Å². The van der Waals surface area contributed by atoms with Crippen LogP contribution in [0.4, 0.5) is 0 Å². The molecular weight excluding hydrogens is 328 g/mol. The third-order valence-corrected chi connectivity index (χ3v) is 3.80. The number of likely N-dealkylation sites (tertiary alicyclic amines) is 1. The first kappa shape index (κ1) is 15.1. The number of hydrogen-bond donors (Lipinski definition) is 2. The summed E-state index contributed by atoms with van der Waals surface area (Å²) in [5, 5.41) is 11.4. The highest BCUT2D eigenvalue weighted by atomic mass is 79.9. The van der Waals surface area contributed by atoms with E-state index < -0.39 is 5.91 Å². The Kier molecular flexibility index (Phi) is 5.19. The molecule has 7 heteroatoms. The number of hydrogen-bond acceptors (Lipinski definition) is 4. The molecule has 0 aromatic carbocycles. The number of amides is 2. The molecular formula is C13H17BrN2O4. The molecule has 6 nitrogen and oxygen atoms in total. The Morgan fingerprint density at radius 2 is 2.30 bits per heavy atom. The van der Waals surface area contributed by atoms with E-state index in [4.69, 9.17) is 9.52 Å². The molecule has 2 N–H and O–H groups in total. The average molecular weight is 345 g/mol. The molecule has 2 heterocycles. The lowest BCUT2D eigenvalue weighted by molar-refractivity contribution is -0.129. The van der Waals surface area contributed by atoms with Crippen LogP contribution in [0, 0.1) is 5.92 Å². The van der Waals surface area contributed by atoms with Crippen LogP contribution in [0.15, 0.2) is 21.2 Å². The fourth-order valence-corrected chi connectivity index (χ4v) is 2.58. The van der Waals surface area contributed by atoms with Crippen molar-refractivity contribution in [3.63, 3.8) is 0 Å². The smallest absolute Gasteiger partial charge is 0.287 e. The Hall–Kier alpha value is -1.34. The lowest BCUT2D eigenvalue weighted by Crippen LogP contribution is -2.39. The van der Waals surface area contributed by atoms with E-state index in [1.54, 1.807) is 11.0 Å². The van der Waals surface area contributed by atoms with Crippen molar-refractivity contribution < 1.29 is 19.1 Å². The van der Waals surface area contributed by atoms with Crippen molar-refractivity contribution in [1.29, 1.82) is 0 Å². The molecule has 1 aromatic rings. The summed E-state index contributed by atoms with van der Waals surface area (Å²) in [7, 11) is 0. The average Bonchev–Trinajstić information content (AvgIpc) is 3.05. The molecule has 1 aliphatic rings. The Labute approximate surface area is 125 Å². The number of aliphatic hydroxyl groups is 1. The Morgan fingerprint density at radius 1 is 1.50 bits per heavy atom. The van der Waals surface area contributed by atoms with Crippen LogP contribution in [0.25, 0.3) is 0 Å². The number of rotatable bonds is 5. The fourth-order valence-electron chi connectivity index (χ4n) is 2.27. The third-order valence-electron chi connectivity index (χ3n) is 3.37. The molecule has 1 saturated heterocycles. The van der Waals surface area contributed by atoms with Gasteiger partial charge in [0, 0.05) is 19.7 Å². The topological polar surface area (TPSA) is 82.8 Å². The van der Waals surface area contributed by atoms with Gasteiger partial charge in [0.25, 0.3) is 5.91 Å². The molecule has 20 heavy (non-hydrogen) atoms. The van der Waals surface area contributed by atoms with Crippen molar-refractivity contribution >= 4 is 27.7 Å². The van der Waals surface area contributed by atoms with Gasteiger partial charge in [0.15, 0.2) is 10.4 Å². The first-order valence-electron chi connectivity index (χ1n) is 6.52. The Balaban J connectivity index is 1.77. The summed E-state index contributed by atoms with van der Waals surface area (Å²) < 4.78 is 5.58. The second-order valence-electron chi connectivity index (χ2n) is 4.79. The van der Waals surface area contributed by atoms with Crippen LogP contribution in [0.1, 0.15) is 23.4 Å². The number of nitrogens with zero attached hydrogens (tertiary/aromatic N) is 1. The van der Waals surface area contributed by atoms with Crippen molar-refractivity contribution in [3.8, 4) is 0 Å². The monoisotopic (exact) mass is 344 g/mol. The van der Waals surface area contributed by atoms with Crippen LogP contribution in [0.3, 0.4) is 0 Å². The molecule has 1 unspecified atom stereocenters. The maximum Gasteiger partial charge on any atom is 0.287 e. The molecule has 0 radical (unpaired) electrons. The predicted molar refractivity (Wildman–Crippen MR) is 75.1 cm³/mol. The van der Waals surface area contributed by atoms with Crippen molar-refractivity contribution in [2.24, 2.45) is 5.92 Å². The summed E-state index contributed by atoms with van der Waals surface area (Å²) >= 11 is 3.11. The largest absolute Gasteiger partial charge is 0.444 e. The summed E-state index contributed by atoms with van der Waals surface area (Å²) in [6.07, 6.45) is 1.63. The van der Waals surface area contributed by atoms with E-state index in [2.05, 4.69) is 21.2 Å². The quantitative estimate of drug-likeness (QED) is 0.834. The predicted octanol–water partition coefficient (Wildman–Crippen LogP) is 1.00. The van der Waals surface area contributed by atoms with Crippen LogP contribution in [-0.4, -0.2) is 48.1 Å². The molecule has 0 saturated carbocycles. The lowest BCUT2D eigenvalue weighted by atomic mass is 10.1. The number of carbonyl (C=O) groups is 2. The van der Waals surface area contributed by atoms with Gasteiger partial charge in [0.1, 0.15) is 0 Å². The molecule has 1 atom stereocenters. The van der Waals surface area contributed by atoms with Gasteiger partial charge in [-0.2, -0.15) is 0 Å². The maximum absolute atomic E-state index is 11.9. The van der Waals surface area contributed by atoms with E-state index in [-0.39, 0.29) is 24.8 Å². The molecule has 1 aromatic heterocycles. The second kappa shape index (κ2) is 6.90. The van der Waals surface area contributed by atoms with Crippen LogP contribution >= 0.6 is 15.9 Å². The summed E-state index contributed by atoms with van der Waals surface area (Å²) in [5.74, 6) is 0.0181. The minimum absolute atomic E-state index is 0.0387.